The number of para-hydroxylation sites is 1. The van der Waals surface area contributed by atoms with E-state index in [1.54, 1.807) is 0 Å². The molecular weight excluding hydrogens is 338 g/mol. The summed E-state index contributed by atoms with van der Waals surface area (Å²) in [4.78, 5) is 15.1. The van der Waals surface area contributed by atoms with E-state index in [1.165, 1.54) is 5.56 Å². The van der Waals surface area contributed by atoms with Gasteiger partial charge in [-0.05, 0) is 42.9 Å². The largest absolute Gasteiger partial charge is 0.492 e. The summed E-state index contributed by atoms with van der Waals surface area (Å²) in [5, 5.41) is 10.2. The first kappa shape index (κ1) is 18.1. The zero-order valence-corrected chi connectivity index (χ0v) is 15.7. The van der Waals surface area contributed by atoms with Gasteiger partial charge in [-0.25, -0.2) is 0 Å². The summed E-state index contributed by atoms with van der Waals surface area (Å²) in [5.41, 5.74) is 2.85. The number of likely N-dealkylation sites (tertiary alicyclic amines) is 1. The lowest BCUT2D eigenvalue weighted by molar-refractivity contribution is 0.0226. The van der Waals surface area contributed by atoms with E-state index in [0.717, 1.165) is 50.0 Å². The van der Waals surface area contributed by atoms with Crippen LogP contribution in [-0.2, 0) is 12.8 Å². The van der Waals surface area contributed by atoms with Crippen molar-refractivity contribution in [1.82, 2.24) is 4.90 Å². The van der Waals surface area contributed by atoms with Crippen LogP contribution in [0.5, 0.6) is 5.75 Å². The molecule has 2 aromatic carbocycles. The van der Waals surface area contributed by atoms with Crippen LogP contribution in [0.4, 0.5) is 0 Å². The molecular formula is C23H27NO3. The minimum Gasteiger partial charge on any atom is -0.492 e. The molecule has 2 aliphatic rings. The molecule has 1 fully saturated rings. The average molecular weight is 365 g/mol. The normalized spacial score (nSPS) is 21.6. The van der Waals surface area contributed by atoms with E-state index in [2.05, 4.69) is 12.1 Å². The highest BCUT2D eigenvalue weighted by Crippen LogP contribution is 2.36. The Kier molecular flexibility index (Phi) is 5.17. The summed E-state index contributed by atoms with van der Waals surface area (Å²) in [6.45, 7) is 2.12. The number of amides is 1. The summed E-state index contributed by atoms with van der Waals surface area (Å²) in [5.74, 6) is 0.790. The van der Waals surface area contributed by atoms with Gasteiger partial charge in [-0.2, -0.15) is 0 Å². The highest BCUT2D eigenvalue weighted by molar-refractivity contribution is 5.97. The Morgan fingerprint density at radius 2 is 2.00 bits per heavy atom. The number of carbonyl (C=O) groups is 1. The summed E-state index contributed by atoms with van der Waals surface area (Å²) in [7, 11) is 0. The van der Waals surface area contributed by atoms with Crippen LogP contribution in [0, 0.1) is 5.41 Å². The molecule has 0 spiro atoms. The van der Waals surface area contributed by atoms with Gasteiger partial charge in [-0.15, -0.1) is 0 Å². The Hall–Kier alpha value is -2.33. The molecule has 0 unspecified atom stereocenters. The summed E-state index contributed by atoms with van der Waals surface area (Å²) >= 11 is 0. The lowest BCUT2D eigenvalue weighted by atomic mass is 9.76. The van der Waals surface area contributed by atoms with Gasteiger partial charge in [-0.3, -0.25) is 4.79 Å². The van der Waals surface area contributed by atoms with Gasteiger partial charge in [0.25, 0.3) is 5.91 Å². The van der Waals surface area contributed by atoms with Crippen molar-refractivity contribution in [2.24, 2.45) is 5.41 Å². The van der Waals surface area contributed by atoms with Gasteiger partial charge in [0, 0.05) is 24.9 Å². The minimum atomic E-state index is -0.220. The lowest BCUT2D eigenvalue weighted by Gasteiger charge is -2.42. The number of aryl methyl sites for hydroxylation is 1. The van der Waals surface area contributed by atoms with Gasteiger partial charge < -0.3 is 14.7 Å². The molecule has 1 saturated heterocycles. The minimum absolute atomic E-state index is 0.0333. The molecule has 0 aliphatic carbocycles. The first-order valence-electron chi connectivity index (χ1n) is 9.90. The maximum Gasteiger partial charge on any atom is 0.257 e. The van der Waals surface area contributed by atoms with Gasteiger partial charge in [0.1, 0.15) is 5.75 Å². The zero-order valence-electron chi connectivity index (χ0n) is 15.7. The van der Waals surface area contributed by atoms with Crippen molar-refractivity contribution in [1.29, 1.82) is 0 Å². The number of nitrogens with zero attached hydrogens (tertiary/aromatic N) is 1. The third-order valence-corrected chi connectivity index (χ3v) is 6.02. The standard InChI is InChI=1S/C23H27NO3/c25-17-23(13-10-18-6-2-1-3-7-18)12-5-14-24(16-23)22(26)20-9-4-8-19-11-15-27-21(19)20/h1-4,6-9,25H,5,10-17H2/t23-/m0/s1. The molecule has 0 bridgehead atoms. The number of aliphatic hydroxyl groups is 1. The number of carbonyl (C=O) groups excluding carboxylic acids is 1. The molecule has 2 heterocycles. The number of hydrogen-bond acceptors (Lipinski definition) is 3. The quantitative estimate of drug-likeness (QED) is 0.883. The van der Waals surface area contributed by atoms with Crippen LogP contribution < -0.4 is 4.74 Å². The average Bonchev–Trinajstić information content (AvgIpc) is 3.22. The van der Waals surface area contributed by atoms with Crippen molar-refractivity contribution >= 4 is 5.91 Å². The number of ether oxygens (including phenoxy) is 1. The number of benzene rings is 2. The van der Waals surface area contributed by atoms with Gasteiger partial charge in [-0.1, -0.05) is 42.5 Å². The van der Waals surface area contributed by atoms with Crippen LogP contribution in [0.1, 0.15) is 40.7 Å². The topological polar surface area (TPSA) is 49.8 Å². The van der Waals surface area contributed by atoms with E-state index in [4.69, 9.17) is 4.74 Å². The second-order valence-corrected chi connectivity index (χ2v) is 7.87. The molecule has 0 aromatic heterocycles. The van der Waals surface area contributed by atoms with E-state index in [1.807, 2.05) is 41.3 Å². The zero-order chi connectivity index (χ0) is 18.7. The number of fused-ring (bicyclic) bond motifs is 1. The number of piperidine rings is 1. The first-order valence-corrected chi connectivity index (χ1v) is 9.90. The lowest BCUT2D eigenvalue weighted by Crippen LogP contribution is -2.48. The maximum absolute atomic E-state index is 13.2. The van der Waals surface area contributed by atoms with Crippen LogP contribution in [0.3, 0.4) is 0 Å². The third kappa shape index (κ3) is 3.72. The van der Waals surface area contributed by atoms with Crippen molar-refractivity contribution < 1.29 is 14.6 Å². The Bertz CT molecular complexity index is 805. The van der Waals surface area contributed by atoms with Gasteiger partial charge >= 0.3 is 0 Å². The van der Waals surface area contributed by atoms with Crippen LogP contribution in [0.15, 0.2) is 48.5 Å². The van der Waals surface area contributed by atoms with E-state index in [-0.39, 0.29) is 17.9 Å². The molecule has 0 radical (unpaired) electrons. The van der Waals surface area contributed by atoms with Crippen molar-refractivity contribution in [3.05, 3.63) is 65.2 Å². The smallest absolute Gasteiger partial charge is 0.257 e. The Balaban J connectivity index is 1.49. The van der Waals surface area contributed by atoms with E-state index in [9.17, 15) is 9.90 Å². The second-order valence-electron chi connectivity index (χ2n) is 7.87. The molecule has 142 valence electrons. The van der Waals surface area contributed by atoms with Gasteiger partial charge in [0.05, 0.1) is 18.8 Å². The highest BCUT2D eigenvalue weighted by Gasteiger charge is 2.37. The van der Waals surface area contributed by atoms with Crippen LogP contribution in [0.2, 0.25) is 0 Å². The molecule has 2 aromatic rings. The van der Waals surface area contributed by atoms with Crippen LogP contribution in [0.25, 0.3) is 0 Å². The van der Waals surface area contributed by atoms with Crippen LogP contribution >= 0.6 is 0 Å². The molecule has 4 heteroatoms. The number of rotatable bonds is 5. The molecule has 4 rings (SSSR count). The molecule has 4 nitrogen and oxygen atoms in total. The molecule has 27 heavy (non-hydrogen) atoms. The summed E-state index contributed by atoms with van der Waals surface area (Å²) in [6, 6.07) is 16.2. The first-order chi connectivity index (χ1) is 13.2. The fourth-order valence-corrected chi connectivity index (χ4v) is 4.40. The molecule has 1 amide bonds. The predicted octanol–water partition coefficient (Wildman–Crippen LogP) is 3.47. The third-order valence-electron chi connectivity index (χ3n) is 6.02. The van der Waals surface area contributed by atoms with Crippen molar-refractivity contribution in [2.45, 2.75) is 32.1 Å². The summed E-state index contributed by atoms with van der Waals surface area (Å²) in [6.07, 6.45) is 4.57. The second kappa shape index (κ2) is 7.73. The van der Waals surface area contributed by atoms with Crippen molar-refractivity contribution in [3.8, 4) is 5.75 Å². The number of hydrogen-bond donors (Lipinski definition) is 1. The highest BCUT2D eigenvalue weighted by atomic mass is 16.5. The molecule has 1 atom stereocenters. The molecule has 2 aliphatic heterocycles. The van der Waals surface area contributed by atoms with E-state index in [0.29, 0.717) is 18.7 Å². The van der Waals surface area contributed by atoms with Gasteiger partial charge in [0.15, 0.2) is 0 Å². The Morgan fingerprint density at radius 3 is 2.81 bits per heavy atom. The van der Waals surface area contributed by atoms with Gasteiger partial charge in [0.2, 0.25) is 0 Å². The molecule has 0 saturated carbocycles. The Labute approximate surface area is 160 Å². The van der Waals surface area contributed by atoms with Crippen molar-refractivity contribution in [3.63, 3.8) is 0 Å². The monoisotopic (exact) mass is 365 g/mol. The fourth-order valence-electron chi connectivity index (χ4n) is 4.40. The van der Waals surface area contributed by atoms with Crippen LogP contribution in [-0.4, -0.2) is 42.2 Å². The SMILES string of the molecule is O=C(c1cccc2c1OCC2)N1CCC[C@](CO)(CCc2ccccc2)C1. The summed E-state index contributed by atoms with van der Waals surface area (Å²) < 4.78 is 5.73. The van der Waals surface area contributed by atoms with E-state index < -0.39 is 0 Å². The Morgan fingerprint density at radius 1 is 1.15 bits per heavy atom. The maximum atomic E-state index is 13.2. The molecule has 1 N–H and O–H groups in total. The fraction of sp³-hybridized carbons (Fsp3) is 0.435. The van der Waals surface area contributed by atoms with E-state index >= 15 is 0 Å². The van der Waals surface area contributed by atoms with Crippen molar-refractivity contribution in [2.75, 3.05) is 26.3 Å². The number of aliphatic hydroxyl groups excluding tert-OH is 1. The predicted molar refractivity (Wildman–Crippen MR) is 105 cm³/mol.